The van der Waals surface area contributed by atoms with Gasteiger partial charge in [0.1, 0.15) is 0 Å². The second-order valence-electron chi connectivity index (χ2n) is 4.17. The van der Waals surface area contributed by atoms with Crippen molar-refractivity contribution in [3.8, 4) is 11.5 Å². The fourth-order valence-electron chi connectivity index (χ4n) is 2.03. The number of hydrogen-bond donors (Lipinski definition) is 2. The molecule has 0 aromatic heterocycles. The van der Waals surface area contributed by atoms with Gasteiger partial charge in [0, 0.05) is 14.2 Å². The van der Waals surface area contributed by atoms with E-state index in [4.69, 9.17) is 19.9 Å². The number of nitrogens with two attached hydrogens (primary N) is 1. The summed E-state index contributed by atoms with van der Waals surface area (Å²) in [7, 11) is 4.62. The van der Waals surface area contributed by atoms with Gasteiger partial charge in [-0.2, -0.15) is 0 Å². The first-order valence-corrected chi connectivity index (χ1v) is 5.71. The van der Waals surface area contributed by atoms with Crippen molar-refractivity contribution in [1.82, 2.24) is 0 Å². The van der Waals surface area contributed by atoms with Gasteiger partial charge >= 0.3 is 0 Å². The highest BCUT2D eigenvalue weighted by molar-refractivity contribution is 5.48. The average molecular weight is 255 g/mol. The molecule has 0 fully saturated rings. The number of hydrogen-bond acceptors (Lipinski definition) is 5. The van der Waals surface area contributed by atoms with Crippen LogP contribution in [-0.4, -0.2) is 38.8 Å². The summed E-state index contributed by atoms with van der Waals surface area (Å²) in [6, 6.07) is 3.28. The maximum Gasteiger partial charge on any atom is 0.172 e. The molecule has 0 saturated carbocycles. The largest absolute Gasteiger partial charge is 0.504 e. The molecule has 0 spiro atoms. The van der Waals surface area contributed by atoms with E-state index in [-0.39, 0.29) is 11.8 Å². The summed E-state index contributed by atoms with van der Waals surface area (Å²) in [4.78, 5) is 0. The van der Waals surface area contributed by atoms with Crippen molar-refractivity contribution in [3.63, 3.8) is 0 Å². The van der Waals surface area contributed by atoms with Crippen molar-refractivity contribution in [2.45, 2.75) is 25.7 Å². The third kappa shape index (κ3) is 3.35. The molecule has 18 heavy (non-hydrogen) atoms. The van der Waals surface area contributed by atoms with Crippen molar-refractivity contribution in [3.05, 3.63) is 23.3 Å². The van der Waals surface area contributed by atoms with Gasteiger partial charge < -0.3 is 25.1 Å². The lowest BCUT2D eigenvalue weighted by Gasteiger charge is -2.21. The Balaban J connectivity index is 2.85. The number of benzene rings is 1. The molecular formula is C13H21NO4. The normalized spacial score (nSPS) is 12.8. The lowest BCUT2D eigenvalue weighted by atomic mass is 10.0. The molecule has 0 aliphatic heterocycles. The Hall–Kier alpha value is -1.30. The van der Waals surface area contributed by atoms with Crippen LogP contribution < -0.4 is 10.5 Å². The third-order valence-corrected chi connectivity index (χ3v) is 2.80. The highest BCUT2D eigenvalue weighted by Gasteiger charge is 2.18. The Morgan fingerprint density at radius 3 is 2.28 bits per heavy atom. The molecule has 0 heterocycles. The van der Waals surface area contributed by atoms with Crippen molar-refractivity contribution in [2.24, 2.45) is 5.73 Å². The van der Waals surface area contributed by atoms with E-state index >= 15 is 0 Å². The summed E-state index contributed by atoms with van der Waals surface area (Å²) in [6.45, 7) is 1.87. The number of phenols is 1. The van der Waals surface area contributed by atoms with Gasteiger partial charge in [-0.25, -0.2) is 0 Å². The fourth-order valence-corrected chi connectivity index (χ4v) is 2.03. The first kappa shape index (κ1) is 14.8. The molecule has 0 unspecified atom stereocenters. The quantitative estimate of drug-likeness (QED) is 0.747. The number of rotatable bonds is 6. The molecule has 1 aromatic carbocycles. The fraction of sp³-hybridized carbons (Fsp3) is 0.538. The highest BCUT2D eigenvalue weighted by Crippen LogP contribution is 2.31. The van der Waals surface area contributed by atoms with E-state index in [9.17, 15) is 5.11 Å². The summed E-state index contributed by atoms with van der Waals surface area (Å²) < 4.78 is 15.3. The molecule has 0 aliphatic carbocycles. The van der Waals surface area contributed by atoms with E-state index in [1.807, 2.05) is 13.0 Å². The number of methoxy groups -OCH3 is 3. The summed E-state index contributed by atoms with van der Waals surface area (Å²) in [5.74, 6) is 0.605. The molecule has 0 amide bonds. The number of aromatic hydroxyl groups is 1. The standard InChI is InChI=1S/C13H21NO4/c1-8-5-9(7-11(15)12(8)16-2)6-10(14)13(17-3)18-4/h5,7,10,13,15H,6,14H2,1-4H3/t10-/m0/s1. The van der Waals surface area contributed by atoms with Crippen LogP contribution in [0.5, 0.6) is 11.5 Å². The van der Waals surface area contributed by atoms with Crippen molar-refractivity contribution in [1.29, 1.82) is 0 Å². The predicted octanol–water partition coefficient (Wildman–Crippen LogP) is 1.20. The van der Waals surface area contributed by atoms with E-state index in [0.29, 0.717) is 12.2 Å². The number of aryl methyl sites for hydroxylation is 1. The zero-order chi connectivity index (χ0) is 13.7. The van der Waals surface area contributed by atoms with Gasteiger partial charge in [-0.3, -0.25) is 0 Å². The van der Waals surface area contributed by atoms with Crippen LogP contribution in [0.25, 0.3) is 0 Å². The van der Waals surface area contributed by atoms with Gasteiger partial charge in [0.15, 0.2) is 17.8 Å². The first-order valence-electron chi connectivity index (χ1n) is 5.71. The van der Waals surface area contributed by atoms with Gasteiger partial charge in [-0.15, -0.1) is 0 Å². The van der Waals surface area contributed by atoms with Crippen molar-refractivity contribution >= 4 is 0 Å². The molecule has 3 N–H and O–H groups in total. The minimum atomic E-state index is -0.463. The van der Waals surface area contributed by atoms with E-state index in [0.717, 1.165) is 11.1 Å². The Morgan fingerprint density at radius 2 is 1.83 bits per heavy atom. The second-order valence-corrected chi connectivity index (χ2v) is 4.17. The maximum absolute atomic E-state index is 9.81. The SMILES string of the molecule is COc1c(C)cc(C[C@H](N)C(OC)OC)cc1O. The monoisotopic (exact) mass is 255 g/mol. The molecule has 1 aromatic rings. The molecule has 0 radical (unpaired) electrons. The van der Waals surface area contributed by atoms with Crippen LogP contribution in [0.3, 0.4) is 0 Å². The summed E-state index contributed by atoms with van der Waals surface area (Å²) in [5, 5.41) is 9.81. The van der Waals surface area contributed by atoms with Gasteiger partial charge in [-0.05, 0) is 30.5 Å². The van der Waals surface area contributed by atoms with Crippen LogP contribution in [0, 0.1) is 6.92 Å². The third-order valence-electron chi connectivity index (χ3n) is 2.80. The van der Waals surface area contributed by atoms with Crippen LogP contribution in [0.15, 0.2) is 12.1 Å². The van der Waals surface area contributed by atoms with E-state index in [1.54, 1.807) is 20.3 Å². The minimum Gasteiger partial charge on any atom is -0.504 e. The smallest absolute Gasteiger partial charge is 0.172 e. The van der Waals surface area contributed by atoms with E-state index in [2.05, 4.69) is 0 Å². The van der Waals surface area contributed by atoms with Crippen molar-refractivity contribution in [2.75, 3.05) is 21.3 Å². The Morgan fingerprint density at radius 1 is 1.22 bits per heavy atom. The summed E-state index contributed by atoms with van der Waals surface area (Å²) >= 11 is 0. The second kappa shape index (κ2) is 6.58. The van der Waals surface area contributed by atoms with Crippen LogP contribution in [0.2, 0.25) is 0 Å². The van der Waals surface area contributed by atoms with Crippen LogP contribution in [-0.2, 0) is 15.9 Å². The van der Waals surface area contributed by atoms with Gasteiger partial charge in [0.2, 0.25) is 0 Å². The van der Waals surface area contributed by atoms with Gasteiger partial charge in [-0.1, -0.05) is 6.07 Å². The zero-order valence-electron chi connectivity index (χ0n) is 11.3. The highest BCUT2D eigenvalue weighted by atomic mass is 16.7. The van der Waals surface area contributed by atoms with E-state index < -0.39 is 6.29 Å². The molecular weight excluding hydrogens is 234 g/mol. The topological polar surface area (TPSA) is 73.9 Å². The molecule has 0 saturated heterocycles. The number of phenolic OH excluding ortho intramolecular Hbond substituents is 1. The van der Waals surface area contributed by atoms with Gasteiger partial charge in [0.25, 0.3) is 0 Å². The number of ether oxygens (including phenoxy) is 3. The molecule has 5 heteroatoms. The average Bonchev–Trinajstić information content (AvgIpc) is 2.30. The predicted molar refractivity (Wildman–Crippen MR) is 68.9 cm³/mol. The van der Waals surface area contributed by atoms with Crippen molar-refractivity contribution < 1.29 is 19.3 Å². The first-order chi connectivity index (χ1) is 8.53. The lowest BCUT2D eigenvalue weighted by molar-refractivity contribution is -0.115. The Bertz CT molecular complexity index is 368. The summed E-state index contributed by atoms with van der Waals surface area (Å²) in [5.41, 5.74) is 7.76. The Kier molecular flexibility index (Phi) is 5.40. The molecule has 1 rings (SSSR count). The van der Waals surface area contributed by atoms with E-state index in [1.165, 1.54) is 7.11 Å². The van der Waals surface area contributed by atoms with Crippen LogP contribution in [0.4, 0.5) is 0 Å². The molecule has 0 bridgehead atoms. The lowest BCUT2D eigenvalue weighted by Crippen LogP contribution is -2.39. The maximum atomic E-state index is 9.81. The summed E-state index contributed by atoms with van der Waals surface area (Å²) in [6.07, 6.45) is 0.0830. The molecule has 0 aliphatic rings. The zero-order valence-corrected chi connectivity index (χ0v) is 11.3. The molecule has 102 valence electrons. The molecule has 1 atom stereocenters. The van der Waals surface area contributed by atoms with Crippen LogP contribution >= 0.6 is 0 Å². The molecule has 5 nitrogen and oxygen atoms in total. The minimum absolute atomic E-state index is 0.117. The Labute approximate surface area is 107 Å². The van der Waals surface area contributed by atoms with Gasteiger partial charge in [0.05, 0.1) is 13.2 Å². The van der Waals surface area contributed by atoms with Crippen LogP contribution in [0.1, 0.15) is 11.1 Å².